The van der Waals surface area contributed by atoms with Crippen LogP contribution in [0.3, 0.4) is 0 Å². The van der Waals surface area contributed by atoms with Crippen molar-refractivity contribution >= 4 is 0 Å². The maximum atomic E-state index is 4.04. The lowest BCUT2D eigenvalue weighted by Gasteiger charge is -2.29. The van der Waals surface area contributed by atoms with Crippen molar-refractivity contribution in [2.75, 3.05) is 0 Å². The summed E-state index contributed by atoms with van der Waals surface area (Å²) in [5.74, 6) is 0. The fraction of sp³-hybridized carbons (Fsp3) is 0.692. The second-order valence-corrected chi connectivity index (χ2v) is 4.97. The minimum atomic E-state index is 0.539. The van der Waals surface area contributed by atoms with E-state index in [0.717, 1.165) is 0 Å². The SMILES string of the molecule is C=C(C)CC1(CC(=C)C)CCCC1. The Morgan fingerprint density at radius 3 is 1.69 bits per heavy atom. The molecule has 0 aromatic heterocycles. The zero-order chi connectivity index (χ0) is 9.90. The van der Waals surface area contributed by atoms with Gasteiger partial charge in [-0.05, 0) is 44.9 Å². The van der Waals surface area contributed by atoms with Gasteiger partial charge in [0.15, 0.2) is 0 Å². The molecule has 0 aromatic rings. The van der Waals surface area contributed by atoms with Crippen LogP contribution in [0.1, 0.15) is 52.4 Å². The van der Waals surface area contributed by atoms with Gasteiger partial charge in [-0.15, -0.1) is 13.2 Å². The first-order valence-corrected chi connectivity index (χ1v) is 5.33. The Morgan fingerprint density at radius 2 is 1.38 bits per heavy atom. The standard InChI is InChI=1S/C13H22/c1-11(2)9-13(10-12(3)4)7-5-6-8-13/h1,3,5-10H2,2,4H3. The third-order valence-corrected chi connectivity index (χ3v) is 3.02. The second kappa shape index (κ2) is 4.13. The summed E-state index contributed by atoms with van der Waals surface area (Å²) < 4.78 is 0. The van der Waals surface area contributed by atoms with Gasteiger partial charge < -0.3 is 0 Å². The molecule has 0 spiro atoms. The van der Waals surface area contributed by atoms with Crippen LogP contribution in [-0.2, 0) is 0 Å². The Morgan fingerprint density at radius 1 is 1.00 bits per heavy atom. The summed E-state index contributed by atoms with van der Waals surface area (Å²) in [7, 11) is 0. The topological polar surface area (TPSA) is 0 Å². The van der Waals surface area contributed by atoms with Crippen LogP contribution in [0.5, 0.6) is 0 Å². The monoisotopic (exact) mass is 178 g/mol. The van der Waals surface area contributed by atoms with Crippen LogP contribution in [-0.4, -0.2) is 0 Å². The van der Waals surface area contributed by atoms with Gasteiger partial charge in [-0.2, -0.15) is 0 Å². The van der Waals surface area contributed by atoms with E-state index in [9.17, 15) is 0 Å². The van der Waals surface area contributed by atoms with Crippen molar-refractivity contribution < 1.29 is 0 Å². The summed E-state index contributed by atoms with van der Waals surface area (Å²) in [6.45, 7) is 12.4. The lowest BCUT2D eigenvalue weighted by atomic mass is 9.76. The molecule has 0 atom stereocenters. The average molecular weight is 178 g/mol. The van der Waals surface area contributed by atoms with E-state index in [1.807, 2.05) is 0 Å². The molecule has 1 fully saturated rings. The summed E-state index contributed by atoms with van der Waals surface area (Å²) >= 11 is 0. The molecule has 0 radical (unpaired) electrons. The zero-order valence-corrected chi connectivity index (χ0v) is 9.16. The van der Waals surface area contributed by atoms with E-state index in [4.69, 9.17) is 0 Å². The van der Waals surface area contributed by atoms with Crippen molar-refractivity contribution in [3.05, 3.63) is 24.3 Å². The predicted molar refractivity (Wildman–Crippen MR) is 59.8 cm³/mol. The van der Waals surface area contributed by atoms with Gasteiger partial charge in [-0.1, -0.05) is 24.0 Å². The molecule has 0 saturated heterocycles. The molecule has 1 rings (SSSR count). The molecule has 0 N–H and O–H groups in total. The first-order chi connectivity index (χ1) is 6.04. The van der Waals surface area contributed by atoms with Crippen molar-refractivity contribution in [3.8, 4) is 0 Å². The number of allylic oxidation sites excluding steroid dienone is 2. The van der Waals surface area contributed by atoms with Gasteiger partial charge in [-0.3, -0.25) is 0 Å². The molecule has 0 amide bonds. The summed E-state index contributed by atoms with van der Waals surface area (Å²) in [5, 5.41) is 0. The van der Waals surface area contributed by atoms with E-state index < -0.39 is 0 Å². The Balaban J connectivity index is 2.62. The van der Waals surface area contributed by atoms with Gasteiger partial charge in [0.1, 0.15) is 0 Å². The van der Waals surface area contributed by atoms with Crippen LogP contribution >= 0.6 is 0 Å². The van der Waals surface area contributed by atoms with E-state index in [0.29, 0.717) is 5.41 Å². The van der Waals surface area contributed by atoms with Crippen LogP contribution < -0.4 is 0 Å². The van der Waals surface area contributed by atoms with Gasteiger partial charge >= 0.3 is 0 Å². The van der Waals surface area contributed by atoms with Crippen LogP contribution in [0.4, 0.5) is 0 Å². The number of hydrogen-bond acceptors (Lipinski definition) is 0. The third-order valence-electron chi connectivity index (χ3n) is 3.02. The molecule has 1 saturated carbocycles. The van der Waals surface area contributed by atoms with Gasteiger partial charge in [-0.25, -0.2) is 0 Å². The molecular weight excluding hydrogens is 156 g/mol. The molecular formula is C13H22. The van der Waals surface area contributed by atoms with E-state index in [1.165, 1.54) is 49.7 Å². The maximum Gasteiger partial charge on any atom is -0.0224 e. The molecule has 0 unspecified atom stereocenters. The summed E-state index contributed by atoms with van der Waals surface area (Å²) in [5.41, 5.74) is 3.21. The molecule has 0 nitrogen and oxygen atoms in total. The highest BCUT2D eigenvalue weighted by Crippen LogP contribution is 2.46. The molecule has 1 aliphatic carbocycles. The second-order valence-electron chi connectivity index (χ2n) is 4.97. The van der Waals surface area contributed by atoms with Crippen molar-refractivity contribution in [1.82, 2.24) is 0 Å². The molecule has 0 heterocycles. The molecule has 0 heteroatoms. The Labute approximate surface area is 82.7 Å². The summed E-state index contributed by atoms with van der Waals surface area (Å²) in [6, 6.07) is 0. The fourth-order valence-corrected chi connectivity index (χ4v) is 2.82. The van der Waals surface area contributed by atoms with E-state index in [1.54, 1.807) is 0 Å². The van der Waals surface area contributed by atoms with E-state index in [2.05, 4.69) is 27.0 Å². The third kappa shape index (κ3) is 3.02. The van der Waals surface area contributed by atoms with Crippen molar-refractivity contribution in [3.63, 3.8) is 0 Å². The minimum absolute atomic E-state index is 0.539. The minimum Gasteiger partial charge on any atom is -0.100 e. The van der Waals surface area contributed by atoms with E-state index >= 15 is 0 Å². The zero-order valence-electron chi connectivity index (χ0n) is 9.16. The molecule has 1 aliphatic rings. The fourth-order valence-electron chi connectivity index (χ4n) is 2.82. The van der Waals surface area contributed by atoms with Crippen LogP contribution in [0, 0.1) is 5.41 Å². The Kier molecular flexibility index (Phi) is 3.35. The highest BCUT2D eigenvalue weighted by Gasteiger charge is 2.33. The molecule has 13 heavy (non-hydrogen) atoms. The summed E-state index contributed by atoms with van der Waals surface area (Å²) in [4.78, 5) is 0. The average Bonchev–Trinajstić information content (AvgIpc) is 2.33. The van der Waals surface area contributed by atoms with Gasteiger partial charge in [0.2, 0.25) is 0 Å². The molecule has 0 bridgehead atoms. The Bertz CT molecular complexity index is 186. The quantitative estimate of drug-likeness (QED) is 0.557. The van der Waals surface area contributed by atoms with Crippen molar-refractivity contribution in [1.29, 1.82) is 0 Å². The van der Waals surface area contributed by atoms with Crippen molar-refractivity contribution in [2.45, 2.75) is 52.4 Å². The van der Waals surface area contributed by atoms with E-state index in [-0.39, 0.29) is 0 Å². The highest BCUT2D eigenvalue weighted by molar-refractivity contribution is 5.05. The largest absolute Gasteiger partial charge is 0.100 e. The number of rotatable bonds is 4. The lowest BCUT2D eigenvalue weighted by molar-refractivity contribution is 0.291. The Hall–Kier alpha value is -0.520. The lowest BCUT2D eigenvalue weighted by Crippen LogP contribution is -2.16. The van der Waals surface area contributed by atoms with Gasteiger partial charge in [0, 0.05) is 0 Å². The normalized spacial score (nSPS) is 20.2. The van der Waals surface area contributed by atoms with Crippen LogP contribution in [0.15, 0.2) is 24.3 Å². The van der Waals surface area contributed by atoms with Crippen LogP contribution in [0.25, 0.3) is 0 Å². The predicted octanol–water partition coefficient (Wildman–Crippen LogP) is 4.48. The van der Waals surface area contributed by atoms with Gasteiger partial charge in [0.05, 0.1) is 0 Å². The summed E-state index contributed by atoms with van der Waals surface area (Å²) in [6.07, 6.45) is 7.99. The maximum absolute atomic E-state index is 4.04. The molecule has 74 valence electrons. The molecule has 0 aliphatic heterocycles. The van der Waals surface area contributed by atoms with Crippen LogP contribution in [0.2, 0.25) is 0 Å². The first kappa shape index (κ1) is 10.6. The highest BCUT2D eigenvalue weighted by atomic mass is 14.4. The van der Waals surface area contributed by atoms with Gasteiger partial charge in [0.25, 0.3) is 0 Å². The molecule has 0 aromatic carbocycles. The van der Waals surface area contributed by atoms with Crippen molar-refractivity contribution in [2.24, 2.45) is 5.41 Å². The first-order valence-electron chi connectivity index (χ1n) is 5.33. The smallest absolute Gasteiger partial charge is 0.0224 e. The number of hydrogen-bond donors (Lipinski definition) is 0.